The molecule has 0 aliphatic carbocycles. The van der Waals surface area contributed by atoms with Gasteiger partial charge in [-0.1, -0.05) is 11.8 Å². The molecule has 1 fully saturated rings. The second kappa shape index (κ2) is 8.06. The number of hydrogen-bond donors (Lipinski definition) is 1. The second-order valence-electron chi connectivity index (χ2n) is 5.56. The standard InChI is InChI=1S/C16H23N5S/c1-20(2)14-8-10-21(11-9-14)15-6-4-13(5-7-15)19-16(22-3)18-12-17/h4-7,14H,8-11H2,1-3H3,(H,18,19). The SMILES string of the molecule is CSC(=Nc1ccc(N2CCC(N(C)C)CC2)cc1)NC#N. The van der Waals surface area contributed by atoms with E-state index in [9.17, 15) is 0 Å². The van der Waals surface area contributed by atoms with Gasteiger partial charge in [-0.2, -0.15) is 5.26 Å². The first-order chi connectivity index (χ1) is 10.6. The Morgan fingerprint density at radius 1 is 1.32 bits per heavy atom. The largest absolute Gasteiger partial charge is 0.371 e. The van der Waals surface area contributed by atoms with Crippen LogP contribution in [0, 0.1) is 11.5 Å². The molecule has 1 N–H and O–H groups in total. The summed E-state index contributed by atoms with van der Waals surface area (Å²) in [7, 11) is 4.32. The molecule has 5 nitrogen and oxygen atoms in total. The van der Waals surface area contributed by atoms with Crippen LogP contribution in [0.15, 0.2) is 29.3 Å². The number of nitriles is 1. The summed E-state index contributed by atoms with van der Waals surface area (Å²) in [5, 5.41) is 11.8. The van der Waals surface area contributed by atoms with E-state index in [1.54, 1.807) is 0 Å². The van der Waals surface area contributed by atoms with Crippen molar-refractivity contribution in [3.8, 4) is 6.19 Å². The van der Waals surface area contributed by atoms with Crippen LogP contribution in [-0.4, -0.2) is 49.6 Å². The van der Waals surface area contributed by atoms with Crippen molar-refractivity contribution in [3.63, 3.8) is 0 Å². The van der Waals surface area contributed by atoms with Gasteiger partial charge in [0, 0.05) is 24.8 Å². The second-order valence-corrected chi connectivity index (χ2v) is 6.35. The molecule has 6 heteroatoms. The molecule has 0 bridgehead atoms. The molecular formula is C16H23N5S. The van der Waals surface area contributed by atoms with E-state index in [4.69, 9.17) is 5.26 Å². The van der Waals surface area contributed by atoms with Crippen LogP contribution in [0.25, 0.3) is 0 Å². The normalized spacial score (nSPS) is 16.7. The molecule has 1 saturated heterocycles. The minimum Gasteiger partial charge on any atom is -0.371 e. The predicted octanol–water partition coefficient (Wildman–Crippen LogP) is 2.64. The third-order valence-electron chi connectivity index (χ3n) is 4.00. The third-order valence-corrected chi connectivity index (χ3v) is 4.58. The van der Waals surface area contributed by atoms with Crippen molar-refractivity contribution >= 4 is 28.3 Å². The lowest BCUT2D eigenvalue weighted by molar-refractivity contribution is 0.249. The lowest BCUT2D eigenvalue weighted by atomic mass is 10.0. The monoisotopic (exact) mass is 317 g/mol. The summed E-state index contributed by atoms with van der Waals surface area (Å²) in [4.78, 5) is 9.16. The molecule has 22 heavy (non-hydrogen) atoms. The fourth-order valence-corrected chi connectivity index (χ4v) is 3.01. The fraction of sp³-hybridized carbons (Fsp3) is 0.500. The van der Waals surface area contributed by atoms with Crippen LogP contribution >= 0.6 is 11.8 Å². The van der Waals surface area contributed by atoms with Crippen LogP contribution in [0.5, 0.6) is 0 Å². The smallest absolute Gasteiger partial charge is 0.183 e. The first kappa shape index (κ1) is 16.7. The predicted molar refractivity (Wildman–Crippen MR) is 94.7 cm³/mol. The lowest BCUT2D eigenvalue weighted by Crippen LogP contribution is -2.41. The number of benzene rings is 1. The highest BCUT2D eigenvalue weighted by Gasteiger charge is 2.20. The Morgan fingerprint density at radius 2 is 1.95 bits per heavy atom. The number of aliphatic imine (C=N–C) groups is 1. The lowest BCUT2D eigenvalue weighted by Gasteiger charge is -2.36. The minimum atomic E-state index is 0.613. The van der Waals surface area contributed by atoms with Gasteiger partial charge in [0.2, 0.25) is 0 Å². The van der Waals surface area contributed by atoms with Crippen LogP contribution in [0.2, 0.25) is 0 Å². The maximum atomic E-state index is 8.66. The van der Waals surface area contributed by atoms with E-state index in [0.29, 0.717) is 11.2 Å². The van der Waals surface area contributed by atoms with E-state index in [0.717, 1.165) is 18.8 Å². The van der Waals surface area contributed by atoms with Crippen LogP contribution in [0.1, 0.15) is 12.8 Å². The maximum Gasteiger partial charge on any atom is 0.183 e. The molecule has 1 aromatic rings. The molecule has 0 radical (unpaired) electrons. The highest BCUT2D eigenvalue weighted by molar-refractivity contribution is 8.13. The molecule has 1 heterocycles. The highest BCUT2D eigenvalue weighted by atomic mass is 32.2. The van der Waals surface area contributed by atoms with Gasteiger partial charge < -0.3 is 9.80 Å². The van der Waals surface area contributed by atoms with Gasteiger partial charge in [0.1, 0.15) is 0 Å². The van der Waals surface area contributed by atoms with E-state index in [1.165, 1.54) is 30.3 Å². The zero-order valence-electron chi connectivity index (χ0n) is 13.4. The Kier molecular flexibility index (Phi) is 6.10. The zero-order valence-corrected chi connectivity index (χ0v) is 14.2. The molecule has 0 unspecified atom stereocenters. The van der Waals surface area contributed by atoms with Crippen molar-refractivity contribution in [2.24, 2.45) is 4.99 Å². The minimum absolute atomic E-state index is 0.613. The van der Waals surface area contributed by atoms with Crippen LogP contribution in [0.3, 0.4) is 0 Å². The number of amidine groups is 1. The Hall–Kier alpha value is -1.71. The van der Waals surface area contributed by atoms with Crippen LogP contribution in [0.4, 0.5) is 11.4 Å². The molecule has 2 rings (SSSR count). The summed E-state index contributed by atoms with van der Waals surface area (Å²) in [6.07, 6.45) is 6.20. The molecule has 1 aliphatic heterocycles. The number of rotatable bonds is 3. The number of piperidine rings is 1. The van der Waals surface area contributed by atoms with Gasteiger partial charge in [-0.3, -0.25) is 5.32 Å². The molecule has 0 aromatic heterocycles. The van der Waals surface area contributed by atoms with Crippen LogP contribution in [-0.2, 0) is 0 Å². The van der Waals surface area contributed by atoms with Gasteiger partial charge in [0.15, 0.2) is 11.4 Å². The summed E-state index contributed by atoms with van der Waals surface area (Å²) in [5.41, 5.74) is 2.11. The number of nitrogens with one attached hydrogen (secondary N) is 1. The van der Waals surface area contributed by atoms with Crippen molar-refractivity contribution in [1.82, 2.24) is 10.2 Å². The van der Waals surface area contributed by atoms with Gasteiger partial charge in [0.25, 0.3) is 0 Å². The number of nitrogens with zero attached hydrogens (tertiary/aromatic N) is 4. The Bertz CT molecular complexity index is 539. The number of hydrogen-bond acceptors (Lipinski definition) is 5. The Labute approximate surface area is 137 Å². The summed E-state index contributed by atoms with van der Waals surface area (Å²) in [6.45, 7) is 2.19. The molecule has 0 amide bonds. The van der Waals surface area contributed by atoms with Crippen LogP contribution < -0.4 is 10.2 Å². The zero-order chi connectivity index (χ0) is 15.9. The van der Waals surface area contributed by atoms with Crippen molar-refractivity contribution in [2.75, 3.05) is 38.3 Å². The van der Waals surface area contributed by atoms with E-state index < -0.39 is 0 Å². The van der Waals surface area contributed by atoms with E-state index in [-0.39, 0.29) is 0 Å². The molecule has 1 aromatic carbocycles. The summed E-state index contributed by atoms with van der Waals surface area (Å²) >= 11 is 1.43. The van der Waals surface area contributed by atoms with Crippen molar-refractivity contribution in [2.45, 2.75) is 18.9 Å². The van der Waals surface area contributed by atoms with Gasteiger partial charge in [-0.25, -0.2) is 4.99 Å². The maximum absolute atomic E-state index is 8.66. The van der Waals surface area contributed by atoms with Gasteiger partial charge in [0.05, 0.1) is 5.69 Å². The fourth-order valence-electron chi connectivity index (χ4n) is 2.67. The Balaban J connectivity index is 1.99. The highest BCUT2D eigenvalue weighted by Crippen LogP contribution is 2.24. The first-order valence-electron chi connectivity index (χ1n) is 7.43. The molecule has 1 aliphatic rings. The van der Waals surface area contributed by atoms with Gasteiger partial charge >= 0.3 is 0 Å². The quantitative estimate of drug-likeness (QED) is 0.402. The third kappa shape index (κ3) is 4.39. The van der Waals surface area contributed by atoms with E-state index in [2.05, 4.69) is 46.3 Å². The average molecular weight is 317 g/mol. The molecule has 0 atom stereocenters. The first-order valence-corrected chi connectivity index (χ1v) is 8.65. The van der Waals surface area contributed by atoms with Crippen molar-refractivity contribution in [1.29, 1.82) is 5.26 Å². The molecule has 0 saturated carbocycles. The molecule has 0 spiro atoms. The van der Waals surface area contributed by atoms with Gasteiger partial charge in [-0.05, 0) is 57.5 Å². The summed E-state index contributed by atoms with van der Waals surface area (Å²) < 4.78 is 0. The molecule has 118 valence electrons. The van der Waals surface area contributed by atoms with E-state index in [1.807, 2.05) is 24.6 Å². The Morgan fingerprint density at radius 3 is 2.45 bits per heavy atom. The van der Waals surface area contributed by atoms with Crippen molar-refractivity contribution < 1.29 is 0 Å². The topological polar surface area (TPSA) is 54.7 Å². The van der Waals surface area contributed by atoms with Crippen molar-refractivity contribution in [3.05, 3.63) is 24.3 Å². The molecular weight excluding hydrogens is 294 g/mol. The van der Waals surface area contributed by atoms with E-state index >= 15 is 0 Å². The number of thioether (sulfide) groups is 1. The van der Waals surface area contributed by atoms with Gasteiger partial charge in [-0.15, -0.1) is 0 Å². The summed E-state index contributed by atoms with van der Waals surface area (Å²) in [6, 6.07) is 8.92. The summed E-state index contributed by atoms with van der Waals surface area (Å²) in [5.74, 6) is 0. The number of anilines is 1. The average Bonchev–Trinajstić information content (AvgIpc) is 2.55.